The van der Waals surface area contributed by atoms with Crippen LogP contribution in [0.5, 0.6) is 0 Å². The molecule has 0 radical (unpaired) electrons. The summed E-state index contributed by atoms with van der Waals surface area (Å²) in [5, 5.41) is 3.16. The first-order valence-electron chi connectivity index (χ1n) is 5.82. The molecular weight excluding hydrogens is 208 g/mol. The summed E-state index contributed by atoms with van der Waals surface area (Å²) in [5.41, 5.74) is 0.394. The molecule has 0 bridgehead atoms. The topological polar surface area (TPSA) is 12.0 Å². The highest BCUT2D eigenvalue weighted by Crippen LogP contribution is 2.10. The van der Waals surface area contributed by atoms with Crippen LogP contribution in [0.3, 0.4) is 0 Å². The molecule has 0 atom stereocenters. The summed E-state index contributed by atoms with van der Waals surface area (Å²) in [5.74, 6) is -0.129. The van der Waals surface area contributed by atoms with E-state index in [1.165, 1.54) is 12.1 Å². The molecule has 1 nitrogen and oxygen atoms in total. The molecule has 1 N–H and O–H groups in total. The van der Waals surface area contributed by atoms with E-state index in [4.69, 9.17) is 0 Å². The van der Waals surface area contributed by atoms with E-state index in [1.54, 1.807) is 0 Å². The molecule has 0 aromatic heterocycles. The lowest BCUT2D eigenvalue weighted by atomic mass is 10.0. The summed E-state index contributed by atoms with van der Waals surface area (Å²) in [6, 6.07) is 3.55. The first-order chi connectivity index (χ1) is 7.67. The van der Waals surface area contributed by atoms with Crippen molar-refractivity contribution in [2.24, 2.45) is 5.92 Å². The third-order valence-corrected chi connectivity index (χ3v) is 2.91. The quantitative estimate of drug-likeness (QED) is 0.784. The van der Waals surface area contributed by atoms with Crippen LogP contribution in [0.25, 0.3) is 0 Å². The average molecular weight is 227 g/mol. The Hall–Kier alpha value is -0.960. The molecule has 0 amide bonds. The Morgan fingerprint density at radius 2 is 1.88 bits per heavy atom. The molecule has 1 rings (SSSR count). The zero-order chi connectivity index (χ0) is 12.0. The largest absolute Gasteiger partial charge is 0.312 e. The summed E-state index contributed by atoms with van der Waals surface area (Å²) in [6.07, 6.45) is 2.21. The van der Waals surface area contributed by atoms with Crippen molar-refractivity contribution in [3.8, 4) is 0 Å². The van der Waals surface area contributed by atoms with Gasteiger partial charge in [-0.05, 0) is 30.7 Å². The van der Waals surface area contributed by atoms with Crippen molar-refractivity contribution in [2.75, 3.05) is 6.54 Å². The fraction of sp³-hybridized carbons (Fsp3) is 0.538. The monoisotopic (exact) mass is 227 g/mol. The number of benzene rings is 1. The van der Waals surface area contributed by atoms with E-state index in [-0.39, 0.29) is 11.6 Å². The van der Waals surface area contributed by atoms with Crippen LogP contribution >= 0.6 is 0 Å². The van der Waals surface area contributed by atoms with Crippen molar-refractivity contribution in [1.29, 1.82) is 0 Å². The van der Waals surface area contributed by atoms with Gasteiger partial charge in [-0.1, -0.05) is 26.7 Å². The highest BCUT2D eigenvalue weighted by atomic mass is 19.1. The third kappa shape index (κ3) is 3.89. The van der Waals surface area contributed by atoms with Gasteiger partial charge < -0.3 is 5.32 Å². The van der Waals surface area contributed by atoms with Gasteiger partial charge in [0.25, 0.3) is 0 Å². The maximum atomic E-state index is 13.3. The second-order valence-corrected chi connectivity index (χ2v) is 4.05. The Morgan fingerprint density at radius 3 is 2.50 bits per heavy atom. The summed E-state index contributed by atoms with van der Waals surface area (Å²) in [6.45, 7) is 5.51. The van der Waals surface area contributed by atoms with Gasteiger partial charge in [0.2, 0.25) is 0 Å². The second-order valence-electron chi connectivity index (χ2n) is 4.05. The summed E-state index contributed by atoms with van der Waals surface area (Å²) in [4.78, 5) is 0. The number of hydrogen-bond donors (Lipinski definition) is 1. The van der Waals surface area contributed by atoms with Crippen molar-refractivity contribution < 1.29 is 8.78 Å². The summed E-state index contributed by atoms with van der Waals surface area (Å²) < 4.78 is 26.1. The molecule has 16 heavy (non-hydrogen) atoms. The van der Waals surface area contributed by atoms with E-state index >= 15 is 0 Å². The fourth-order valence-electron chi connectivity index (χ4n) is 1.67. The number of rotatable bonds is 6. The van der Waals surface area contributed by atoms with Crippen molar-refractivity contribution in [3.05, 3.63) is 35.4 Å². The molecular formula is C13H19F2N. The van der Waals surface area contributed by atoms with Crippen LogP contribution in [0.15, 0.2) is 18.2 Å². The normalized spacial score (nSPS) is 11.1. The maximum absolute atomic E-state index is 13.3. The minimum atomic E-state index is -0.388. The molecule has 1 aromatic rings. The highest BCUT2D eigenvalue weighted by molar-refractivity contribution is 5.18. The van der Waals surface area contributed by atoms with Crippen LogP contribution in [-0.2, 0) is 6.54 Å². The van der Waals surface area contributed by atoms with Gasteiger partial charge >= 0.3 is 0 Å². The van der Waals surface area contributed by atoms with Gasteiger partial charge in [-0.15, -0.1) is 0 Å². The van der Waals surface area contributed by atoms with E-state index in [0.29, 0.717) is 18.0 Å². The van der Waals surface area contributed by atoms with Gasteiger partial charge in [-0.2, -0.15) is 0 Å². The van der Waals surface area contributed by atoms with Gasteiger partial charge in [0.15, 0.2) is 0 Å². The predicted octanol–water partition coefficient (Wildman–Crippen LogP) is 3.49. The van der Waals surface area contributed by atoms with E-state index in [2.05, 4.69) is 19.2 Å². The molecule has 0 aliphatic rings. The fourth-order valence-corrected chi connectivity index (χ4v) is 1.67. The van der Waals surface area contributed by atoms with E-state index in [0.717, 1.165) is 25.5 Å². The number of nitrogens with one attached hydrogen (secondary N) is 1. The van der Waals surface area contributed by atoms with Gasteiger partial charge in [0.1, 0.15) is 11.6 Å². The number of halogens is 2. The van der Waals surface area contributed by atoms with Crippen molar-refractivity contribution in [2.45, 2.75) is 33.2 Å². The lowest BCUT2D eigenvalue weighted by Gasteiger charge is -2.13. The van der Waals surface area contributed by atoms with Crippen molar-refractivity contribution >= 4 is 0 Å². The van der Waals surface area contributed by atoms with E-state index in [9.17, 15) is 8.78 Å². The SMILES string of the molecule is CCC(CC)CNCc1cc(F)ccc1F. The Bertz CT molecular complexity index is 322. The first-order valence-corrected chi connectivity index (χ1v) is 5.82. The minimum absolute atomic E-state index is 0.349. The predicted molar refractivity (Wildman–Crippen MR) is 62.1 cm³/mol. The molecule has 3 heteroatoms. The van der Waals surface area contributed by atoms with Gasteiger partial charge in [0.05, 0.1) is 0 Å². The van der Waals surface area contributed by atoms with Gasteiger partial charge in [-0.3, -0.25) is 0 Å². The summed E-state index contributed by atoms with van der Waals surface area (Å²) in [7, 11) is 0. The van der Waals surface area contributed by atoms with Crippen LogP contribution in [0.2, 0.25) is 0 Å². The number of hydrogen-bond acceptors (Lipinski definition) is 1. The molecule has 1 aromatic carbocycles. The molecule has 0 heterocycles. The zero-order valence-corrected chi connectivity index (χ0v) is 9.89. The second kappa shape index (κ2) is 6.59. The Balaban J connectivity index is 2.45. The average Bonchev–Trinajstić information content (AvgIpc) is 2.29. The van der Waals surface area contributed by atoms with Gasteiger partial charge in [0, 0.05) is 12.1 Å². The molecule has 0 saturated heterocycles. The first kappa shape index (κ1) is 13.1. The maximum Gasteiger partial charge on any atom is 0.127 e. The molecule has 0 unspecified atom stereocenters. The van der Waals surface area contributed by atoms with E-state index < -0.39 is 0 Å². The van der Waals surface area contributed by atoms with Crippen molar-refractivity contribution in [3.63, 3.8) is 0 Å². The van der Waals surface area contributed by atoms with Crippen molar-refractivity contribution in [1.82, 2.24) is 5.32 Å². The summed E-state index contributed by atoms with van der Waals surface area (Å²) >= 11 is 0. The smallest absolute Gasteiger partial charge is 0.127 e. The van der Waals surface area contributed by atoms with Gasteiger partial charge in [-0.25, -0.2) is 8.78 Å². The molecule has 0 spiro atoms. The molecule has 0 aliphatic heterocycles. The zero-order valence-electron chi connectivity index (χ0n) is 9.89. The van der Waals surface area contributed by atoms with Crippen LogP contribution in [0.1, 0.15) is 32.3 Å². The Kier molecular flexibility index (Phi) is 5.39. The third-order valence-electron chi connectivity index (χ3n) is 2.91. The van der Waals surface area contributed by atoms with Crippen LogP contribution < -0.4 is 5.32 Å². The lowest BCUT2D eigenvalue weighted by Crippen LogP contribution is -2.22. The molecule has 90 valence electrons. The standard InChI is InChI=1S/C13H19F2N/c1-3-10(4-2)8-16-9-11-7-12(14)5-6-13(11)15/h5-7,10,16H,3-4,8-9H2,1-2H3. The van der Waals surface area contributed by atoms with Crippen LogP contribution in [0.4, 0.5) is 8.78 Å². The highest BCUT2D eigenvalue weighted by Gasteiger charge is 2.05. The minimum Gasteiger partial charge on any atom is -0.312 e. The molecule has 0 aliphatic carbocycles. The van der Waals surface area contributed by atoms with Crippen LogP contribution in [0, 0.1) is 17.6 Å². The van der Waals surface area contributed by atoms with Crippen LogP contribution in [-0.4, -0.2) is 6.54 Å². The lowest BCUT2D eigenvalue weighted by molar-refractivity contribution is 0.445. The molecule has 0 fully saturated rings. The Labute approximate surface area is 95.9 Å². The van der Waals surface area contributed by atoms with E-state index in [1.807, 2.05) is 0 Å². The molecule has 0 saturated carbocycles. The Morgan fingerprint density at radius 1 is 1.19 bits per heavy atom.